The second-order valence-corrected chi connectivity index (χ2v) is 7.87. The van der Waals surface area contributed by atoms with Gasteiger partial charge in [-0.1, -0.05) is 23.2 Å². The summed E-state index contributed by atoms with van der Waals surface area (Å²) < 4.78 is 15.3. The molecule has 0 aliphatic rings. The van der Waals surface area contributed by atoms with Gasteiger partial charge in [0.1, 0.15) is 23.5 Å². The molecule has 0 fully saturated rings. The summed E-state index contributed by atoms with van der Waals surface area (Å²) in [5.41, 5.74) is 1.48. The van der Waals surface area contributed by atoms with Crippen molar-refractivity contribution in [3.63, 3.8) is 0 Å². The van der Waals surface area contributed by atoms with Crippen LogP contribution < -0.4 is 10.9 Å². The Kier molecular flexibility index (Phi) is 4.99. The van der Waals surface area contributed by atoms with Crippen molar-refractivity contribution in [2.75, 3.05) is 5.32 Å². The van der Waals surface area contributed by atoms with Crippen LogP contribution in [-0.2, 0) is 0 Å². The van der Waals surface area contributed by atoms with Crippen LogP contribution in [0.1, 0.15) is 18.8 Å². The Balaban J connectivity index is 1.71. The zero-order chi connectivity index (χ0) is 22.4. The molecule has 0 saturated carbocycles. The van der Waals surface area contributed by atoms with Gasteiger partial charge < -0.3 is 10.3 Å². The van der Waals surface area contributed by atoms with Crippen molar-refractivity contribution in [2.24, 2.45) is 0 Å². The maximum atomic E-state index is 13.9. The number of hydrogen-bond donors (Lipinski definition) is 2. The number of anilines is 1. The minimum absolute atomic E-state index is 0.142. The summed E-state index contributed by atoms with van der Waals surface area (Å²) >= 11 is 12.3. The highest BCUT2D eigenvalue weighted by molar-refractivity contribution is 6.42. The van der Waals surface area contributed by atoms with E-state index in [4.69, 9.17) is 23.2 Å². The zero-order valence-electron chi connectivity index (χ0n) is 16.5. The average molecular weight is 470 g/mol. The van der Waals surface area contributed by atoms with Crippen LogP contribution in [-0.4, -0.2) is 29.5 Å². The van der Waals surface area contributed by atoms with Gasteiger partial charge in [-0.2, -0.15) is 0 Å². The molecule has 5 aromatic rings. The highest BCUT2D eigenvalue weighted by Gasteiger charge is 2.20. The summed E-state index contributed by atoms with van der Waals surface area (Å²) in [6, 6.07) is 8.19. The van der Waals surface area contributed by atoms with E-state index in [1.165, 1.54) is 29.4 Å². The van der Waals surface area contributed by atoms with Crippen LogP contribution in [0, 0.1) is 5.82 Å². The van der Waals surface area contributed by atoms with E-state index in [-0.39, 0.29) is 10.4 Å². The first-order valence-electron chi connectivity index (χ1n) is 9.50. The molecule has 0 amide bonds. The summed E-state index contributed by atoms with van der Waals surface area (Å²) in [5.74, 6) is 0.311. The number of fused-ring (bicyclic) bond motifs is 2. The smallest absolute Gasteiger partial charge is 0.266 e. The lowest BCUT2D eigenvalue weighted by molar-refractivity contribution is 0.629. The monoisotopic (exact) mass is 469 g/mol. The van der Waals surface area contributed by atoms with Gasteiger partial charge in [0.25, 0.3) is 5.56 Å². The second-order valence-electron chi connectivity index (χ2n) is 7.06. The summed E-state index contributed by atoms with van der Waals surface area (Å²) in [6.07, 6.45) is 2.92. The van der Waals surface area contributed by atoms with Gasteiger partial charge in [-0.05, 0) is 43.3 Å². The van der Waals surface area contributed by atoms with Crippen LogP contribution in [0.5, 0.6) is 0 Å². The summed E-state index contributed by atoms with van der Waals surface area (Å²) in [7, 11) is 0. The topological polar surface area (TPSA) is 101 Å². The SMILES string of the molecule is C[C@@H](Nc1ncnc2[nH]cnc12)c1nc2ccc(F)cc2c(=O)n1-c1ccc(Cl)c(Cl)c1. The summed E-state index contributed by atoms with van der Waals surface area (Å²) in [5, 5.41) is 4.00. The van der Waals surface area contributed by atoms with Gasteiger partial charge in [0.2, 0.25) is 0 Å². The number of aromatic amines is 1. The van der Waals surface area contributed by atoms with E-state index in [0.29, 0.717) is 39.0 Å². The number of hydrogen-bond acceptors (Lipinski definition) is 6. The molecule has 0 unspecified atom stereocenters. The molecule has 2 N–H and O–H groups in total. The number of imidazole rings is 1. The minimum atomic E-state index is -0.530. The predicted molar refractivity (Wildman–Crippen MR) is 121 cm³/mol. The van der Waals surface area contributed by atoms with Gasteiger partial charge in [-0.25, -0.2) is 24.3 Å². The molecule has 0 saturated heterocycles. The first kappa shape index (κ1) is 20.3. The number of halogens is 3. The third-order valence-corrected chi connectivity index (χ3v) is 5.71. The quantitative estimate of drug-likeness (QED) is 0.396. The molecule has 32 heavy (non-hydrogen) atoms. The van der Waals surface area contributed by atoms with E-state index in [1.54, 1.807) is 18.2 Å². The van der Waals surface area contributed by atoms with E-state index >= 15 is 0 Å². The molecule has 0 radical (unpaired) electrons. The van der Waals surface area contributed by atoms with E-state index in [1.807, 2.05) is 6.92 Å². The van der Waals surface area contributed by atoms with E-state index in [9.17, 15) is 9.18 Å². The third-order valence-electron chi connectivity index (χ3n) is 4.98. The molecule has 5 rings (SSSR count). The molecule has 3 aromatic heterocycles. The van der Waals surface area contributed by atoms with Gasteiger partial charge >= 0.3 is 0 Å². The van der Waals surface area contributed by atoms with Gasteiger partial charge in [0.05, 0.1) is 39.0 Å². The molecule has 11 heteroatoms. The Morgan fingerprint density at radius 1 is 1.09 bits per heavy atom. The Morgan fingerprint density at radius 2 is 1.94 bits per heavy atom. The molecule has 2 aromatic carbocycles. The van der Waals surface area contributed by atoms with Gasteiger partial charge in [-0.3, -0.25) is 9.36 Å². The molecule has 160 valence electrons. The molecule has 0 bridgehead atoms. The second kappa shape index (κ2) is 7.85. The highest BCUT2D eigenvalue weighted by atomic mass is 35.5. The Labute approximate surface area is 190 Å². The average Bonchev–Trinajstić information content (AvgIpc) is 3.26. The van der Waals surface area contributed by atoms with Crippen LogP contribution >= 0.6 is 23.2 Å². The zero-order valence-corrected chi connectivity index (χ0v) is 18.0. The molecule has 1 atom stereocenters. The highest BCUT2D eigenvalue weighted by Crippen LogP contribution is 2.27. The van der Waals surface area contributed by atoms with E-state index < -0.39 is 17.4 Å². The van der Waals surface area contributed by atoms with Crippen LogP contribution in [0.25, 0.3) is 27.8 Å². The lowest BCUT2D eigenvalue weighted by Crippen LogP contribution is -2.27. The van der Waals surface area contributed by atoms with Crippen LogP contribution in [0.15, 0.2) is 53.8 Å². The molecule has 0 aliphatic carbocycles. The van der Waals surface area contributed by atoms with Crippen molar-refractivity contribution >= 4 is 51.1 Å². The fourth-order valence-corrected chi connectivity index (χ4v) is 3.77. The van der Waals surface area contributed by atoms with Crippen molar-refractivity contribution in [2.45, 2.75) is 13.0 Å². The van der Waals surface area contributed by atoms with Crippen LogP contribution in [0.3, 0.4) is 0 Å². The number of H-pyrrole nitrogens is 1. The normalized spacial score (nSPS) is 12.4. The largest absolute Gasteiger partial charge is 0.358 e. The van der Waals surface area contributed by atoms with Crippen molar-refractivity contribution in [3.8, 4) is 5.69 Å². The molecule has 0 aliphatic heterocycles. The molecule has 0 spiro atoms. The fourth-order valence-electron chi connectivity index (χ4n) is 3.48. The van der Waals surface area contributed by atoms with Crippen molar-refractivity contribution in [1.82, 2.24) is 29.5 Å². The van der Waals surface area contributed by atoms with Gasteiger partial charge in [0, 0.05) is 0 Å². The summed E-state index contributed by atoms with van der Waals surface area (Å²) in [4.78, 5) is 33.6. The first-order chi connectivity index (χ1) is 15.4. The van der Waals surface area contributed by atoms with Crippen LogP contribution in [0.4, 0.5) is 10.2 Å². The number of benzene rings is 2. The third kappa shape index (κ3) is 3.45. The summed E-state index contributed by atoms with van der Waals surface area (Å²) in [6.45, 7) is 1.83. The Morgan fingerprint density at radius 3 is 2.75 bits per heavy atom. The van der Waals surface area contributed by atoms with E-state index in [0.717, 1.165) is 6.07 Å². The maximum absolute atomic E-state index is 13.9. The lowest BCUT2D eigenvalue weighted by atomic mass is 10.2. The predicted octanol–water partition coefficient (Wildman–Crippen LogP) is 4.67. The molecular weight excluding hydrogens is 456 g/mol. The number of aromatic nitrogens is 6. The van der Waals surface area contributed by atoms with Crippen molar-refractivity contribution < 1.29 is 4.39 Å². The van der Waals surface area contributed by atoms with Crippen LogP contribution in [0.2, 0.25) is 10.0 Å². The molecule has 8 nitrogen and oxygen atoms in total. The van der Waals surface area contributed by atoms with Crippen molar-refractivity contribution in [1.29, 1.82) is 0 Å². The van der Waals surface area contributed by atoms with Gasteiger partial charge in [-0.15, -0.1) is 0 Å². The standard InChI is InChI=1S/C21H14Cl2FN7O/c1-10(29-19-17-18(26-8-25-17)27-9-28-19)20-30-16-5-2-11(24)6-13(16)21(32)31(20)12-3-4-14(22)15(23)7-12/h2-10H,1H3,(H2,25,26,27,28,29)/t10-/m1/s1. The lowest BCUT2D eigenvalue weighted by Gasteiger charge is -2.20. The fraction of sp³-hybridized carbons (Fsp3) is 0.0952. The minimum Gasteiger partial charge on any atom is -0.358 e. The number of nitrogens with zero attached hydrogens (tertiary/aromatic N) is 5. The van der Waals surface area contributed by atoms with Gasteiger partial charge in [0.15, 0.2) is 11.5 Å². The number of rotatable bonds is 4. The molecular formula is C21H14Cl2FN7O. The Hall–Kier alpha value is -3.56. The van der Waals surface area contributed by atoms with E-state index in [2.05, 4.69) is 30.2 Å². The first-order valence-corrected chi connectivity index (χ1v) is 10.3. The van der Waals surface area contributed by atoms with Crippen molar-refractivity contribution in [3.05, 3.63) is 81.1 Å². The molecule has 3 heterocycles. The Bertz CT molecular complexity index is 1550. The maximum Gasteiger partial charge on any atom is 0.266 e. The number of nitrogens with one attached hydrogen (secondary N) is 2.